The third-order valence-electron chi connectivity index (χ3n) is 2.71. The number of amides is 2. The first-order valence-corrected chi connectivity index (χ1v) is 7.06. The quantitative estimate of drug-likeness (QED) is 0.678. The van der Waals surface area contributed by atoms with Gasteiger partial charge in [-0.05, 0) is 37.1 Å². The van der Waals surface area contributed by atoms with Gasteiger partial charge in [0.15, 0.2) is 0 Å². The minimum atomic E-state index is -0.237. The molecule has 0 fully saturated rings. The van der Waals surface area contributed by atoms with Gasteiger partial charge in [0.05, 0.1) is 6.54 Å². The van der Waals surface area contributed by atoms with Crippen molar-refractivity contribution < 1.29 is 9.59 Å². The Morgan fingerprint density at radius 1 is 0.950 bits per heavy atom. The van der Waals surface area contributed by atoms with Crippen molar-refractivity contribution in [3.8, 4) is 0 Å². The molecule has 0 aliphatic rings. The predicted octanol–water partition coefficient (Wildman–Crippen LogP) is 1.76. The second-order valence-electron chi connectivity index (χ2n) is 4.54. The SMILES string of the molecule is CCCNC(=O)CNC(=O)c1ccc(NCCC)cc1. The predicted molar refractivity (Wildman–Crippen MR) is 80.9 cm³/mol. The van der Waals surface area contributed by atoms with Crippen LogP contribution in [0.15, 0.2) is 24.3 Å². The maximum Gasteiger partial charge on any atom is 0.251 e. The molecule has 0 bridgehead atoms. The lowest BCUT2D eigenvalue weighted by atomic mass is 10.2. The summed E-state index contributed by atoms with van der Waals surface area (Å²) in [4.78, 5) is 23.2. The Kier molecular flexibility index (Phi) is 7.17. The molecule has 3 N–H and O–H groups in total. The molecular formula is C15H23N3O2. The molecule has 20 heavy (non-hydrogen) atoms. The number of hydrogen-bond donors (Lipinski definition) is 3. The molecule has 1 rings (SSSR count). The highest BCUT2D eigenvalue weighted by molar-refractivity contribution is 5.96. The number of nitrogens with one attached hydrogen (secondary N) is 3. The van der Waals surface area contributed by atoms with E-state index in [9.17, 15) is 9.59 Å². The van der Waals surface area contributed by atoms with Crippen LogP contribution in [0.5, 0.6) is 0 Å². The number of hydrogen-bond acceptors (Lipinski definition) is 3. The molecule has 1 aromatic rings. The van der Waals surface area contributed by atoms with Crippen LogP contribution < -0.4 is 16.0 Å². The van der Waals surface area contributed by atoms with Crippen molar-refractivity contribution in [2.45, 2.75) is 26.7 Å². The summed E-state index contributed by atoms with van der Waals surface area (Å²) in [6.07, 6.45) is 1.93. The molecule has 0 saturated heterocycles. The second-order valence-corrected chi connectivity index (χ2v) is 4.54. The van der Waals surface area contributed by atoms with Gasteiger partial charge in [0.25, 0.3) is 5.91 Å². The topological polar surface area (TPSA) is 70.2 Å². The minimum absolute atomic E-state index is 0.00860. The molecule has 2 amide bonds. The summed E-state index contributed by atoms with van der Waals surface area (Å²) >= 11 is 0. The molecule has 0 aromatic heterocycles. The van der Waals surface area contributed by atoms with Crippen molar-refractivity contribution >= 4 is 17.5 Å². The molecule has 5 nitrogen and oxygen atoms in total. The van der Waals surface area contributed by atoms with Gasteiger partial charge in [-0.3, -0.25) is 9.59 Å². The van der Waals surface area contributed by atoms with Crippen molar-refractivity contribution in [2.75, 3.05) is 25.0 Å². The molecule has 0 radical (unpaired) electrons. The van der Waals surface area contributed by atoms with Gasteiger partial charge in [-0.2, -0.15) is 0 Å². The summed E-state index contributed by atoms with van der Waals surface area (Å²) in [7, 11) is 0. The highest BCUT2D eigenvalue weighted by atomic mass is 16.2. The molecule has 1 aromatic carbocycles. The van der Waals surface area contributed by atoms with Crippen LogP contribution in [0.1, 0.15) is 37.0 Å². The molecule has 5 heteroatoms. The van der Waals surface area contributed by atoms with E-state index in [2.05, 4.69) is 22.9 Å². The largest absolute Gasteiger partial charge is 0.385 e. The third-order valence-corrected chi connectivity index (χ3v) is 2.71. The van der Waals surface area contributed by atoms with Crippen molar-refractivity contribution in [1.82, 2.24) is 10.6 Å². The van der Waals surface area contributed by atoms with E-state index in [0.717, 1.165) is 25.1 Å². The normalized spacial score (nSPS) is 9.90. The Morgan fingerprint density at radius 2 is 1.60 bits per heavy atom. The fourth-order valence-corrected chi connectivity index (χ4v) is 1.60. The van der Waals surface area contributed by atoms with E-state index in [0.29, 0.717) is 12.1 Å². The van der Waals surface area contributed by atoms with Crippen molar-refractivity contribution in [3.63, 3.8) is 0 Å². The average molecular weight is 277 g/mol. The zero-order chi connectivity index (χ0) is 14.8. The standard InChI is InChI=1S/C15H23N3O2/c1-3-9-16-13-7-5-12(6-8-13)15(20)18-11-14(19)17-10-4-2/h5-8,16H,3-4,9-11H2,1-2H3,(H,17,19)(H,18,20). The monoisotopic (exact) mass is 277 g/mol. The van der Waals surface area contributed by atoms with E-state index in [4.69, 9.17) is 0 Å². The van der Waals surface area contributed by atoms with Crippen LogP contribution in [0.2, 0.25) is 0 Å². The maximum atomic E-state index is 11.8. The Balaban J connectivity index is 2.41. The van der Waals surface area contributed by atoms with Crippen LogP contribution >= 0.6 is 0 Å². The van der Waals surface area contributed by atoms with Crippen LogP contribution in [-0.4, -0.2) is 31.4 Å². The zero-order valence-corrected chi connectivity index (χ0v) is 12.2. The number of carbonyl (C=O) groups excluding carboxylic acids is 2. The summed E-state index contributed by atoms with van der Waals surface area (Å²) in [5.41, 5.74) is 1.54. The summed E-state index contributed by atoms with van der Waals surface area (Å²) in [6.45, 7) is 5.62. The highest BCUT2D eigenvalue weighted by Gasteiger charge is 2.07. The summed E-state index contributed by atoms with van der Waals surface area (Å²) in [6, 6.07) is 7.22. The second kappa shape index (κ2) is 8.96. The Bertz CT molecular complexity index is 429. The Labute approximate surface area is 120 Å². The Hall–Kier alpha value is -2.04. The number of benzene rings is 1. The zero-order valence-electron chi connectivity index (χ0n) is 12.2. The molecule has 0 aliphatic heterocycles. The van der Waals surface area contributed by atoms with E-state index < -0.39 is 0 Å². The van der Waals surface area contributed by atoms with Crippen LogP contribution in [0.3, 0.4) is 0 Å². The number of anilines is 1. The minimum Gasteiger partial charge on any atom is -0.385 e. The molecule has 0 atom stereocenters. The van der Waals surface area contributed by atoms with Gasteiger partial charge in [0.1, 0.15) is 0 Å². The first-order valence-electron chi connectivity index (χ1n) is 7.06. The van der Waals surface area contributed by atoms with E-state index >= 15 is 0 Å². The first kappa shape index (κ1) is 16.0. The summed E-state index contributed by atoms with van der Waals surface area (Å²) < 4.78 is 0. The lowest BCUT2D eigenvalue weighted by molar-refractivity contribution is -0.120. The van der Waals surface area contributed by atoms with Crippen molar-refractivity contribution in [1.29, 1.82) is 0 Å². The van der Waals surface area contributed by atoms with Crippen LogP contribution in [0.4, 0.5) is 5.69 Å². The smallest absolute Gasteiger partial charge is 0.251 e. The number of rotatable bonds is 8. The van der Waals surface area contributed by atoms with Gasteiger partial charge >= 0.3 is 0 Å². The van der Waals surface area contributed by atoms with Gasteiger partial charge in [0.2, 0.25) is 5.91 Å². The van der Waals surface area contributed by atoms with E-state index in [1.54, 1.807) is 12.1 Å². The molecule has 0 heterocycles. The van der Waals surface area contributed by atoms with Gasteiger partial charge in [-0.15, -0.1) is 0 Å². The van der Waals surface area contributed by atoms with E-state index in [1.807, 2.05) is 19.1 Å². The van der Waals surface area contributed by atoms with Gasteiger partial charge in [0, 0.05) is 24.3 Å². The third kappa shape index (κ3) is 5.73. The molecule has 0 spiro atoms. The summed E-state index contributed by atoms with van der Waals surface area (Å²) in [5, 5.41) is 8.54. The summed E-state index contributed by atoms with van der Waals surface area (Å²) in [5.74, 6) is -0.403. The van der Waals surface area contributed by atoms with Crippen molar-refractivity contribution in [2.24, 2.45) is 0 Å². The van der Waals surface area contributed by atoms with E-state index in [-0.39, 0.29) is 18.4 Å². The average Bonchev–Trinajstić information content (AvgIpc) is 2.49. The van der Waals surface area contributed by atoms with Crippen molar-refractivity contribution in [3.05, 3.63) is 29.8 Å². The molecular weight excluding hydrogens is 254 g/mol. The van der Waals surface area contributed by atoms with Crippen LogP contribution in [0.25, 0.3) is 0 Å². The maximum absolute atomic E-state index is 11.8. The fourth-order valence-electron chi connectivity index (χ4n) is 1.60. The molecule has 0 unspecified atom stereocenters. The Morgan fingerprint density at radius 3 is 2.20 bits per heavy atom. The van der Waals surface area contributed by atoms with Gasteiger partial charge in [-0.1, -0.05) is 13.8 Å². The highest BCUT2D eigenvalue weighted by Crippen LogP contribution is 2.09. The van der Waals surface area contributed by atoms with Gasteiger partial charge in [-0.25, -0.2) is 0 Å². The van der Waals surface area contributed by atoms with E-state index in [1.165, 1.54) is 0 Å². The molecule has 110 valence electrons. The number of carbonyl (C=O) groups is 2. The first-order chi connectivity index (χ1) is 9.67. The van der Waals surface area contributed by atoms with Crippen LogP contribution in [0, 0.1) is 0 Å². The lowest BCUT2D eigenvalue weighted by Gasteiger charge is -2.08. The van der Waals surface area contributed by atoms with Crippen LogP contribution in [-0.2, 0) is 4.79 Å². The lowest BCUT2D eigenvalue weighted by Crippen LogP contribution is -2.37. The molecule has 0 saturated carbocycles. The van der Waals surface area contributed by atoms with Gasteiger partial charge < -0.3 is 16.0 Å². The molecule has 0 aliphatic carbocycles. The fraction of sp³-hybridized carbons (Fsp3) is 0.467.